The third-order valence-corrected chi connectivity index (χ3v) is 10.4. The maximum atomic E-state index is 13.6. The molecule has 2 N–H and O–H groups in total. The van der Waals surface area contributed by atoms with Crippen molar-refractivity contribution in [2.45, 2.75) is 85.4 Å². The van der Waals surface area contributed by atoms with E-state index >= 15 is 0 Å². The van der Waals surface area contributed by atoms with E-state index in [4.69, 9.17) is 14.5 Å². The van der Waals surface area contributed by atoms with Gasteiger partial charge in [0.1, 0.15) is 17.6 Å². The monoisotopic (exact) mass is 736 g/mol. The molecule has 1 aromatic carbocycles. The van der Waals surface area contributed by atoms with Crippen LogP contribution >= 0.6 is 0 Å². The Kier molecular flexibility index (Phi) is 13.0. The van der Waals surface area contributed by atoms with Crippen LogP contribution in [-0.4, -0.2) is 88.7 Å². The second-order valence-electron chi connectivity index (χ2n) is 15.4. The van der Waals surface area contributed by atoms with Crippen LogP contribution in [0.1, 0.15) is 95.9 Å². The molecular weight excluding hydrogens is 684 g/mol. The number of carbonyl (C=O) groups excluding carboxylic acids is 4. The quantitative estimate of drug-likeness (QED) is 0.264. The lowest BCUT2D eigenvalue weighted by Gasteiger charge is -2.30. The Morgan fingerprint density at radius 3 is 2.06 bits per heavy atom. The van der Waals surface area contributed by atoms with E-state index in [1.165, 1.54) is 14.2 Å². The van der Waals surface area contributed by atoms with Crippen molar-refractivity contribution in [3.63, 3.8) is 0 Å². The number of ether oxygens (including phenoxy) is 2. The second-order valence-corrected chi connectivity index (χ2v) is 15.4. The number of rotatable bonds is 9. The molecule has 6 atom stereocenters. The number of alkyl carbamates (subject to hydrolysis) is 1. The topological polar surface area (TPSA) is 146 Å². The van der Waals surface area contributed by atoms with Crippen molar-refractivity contribution >= 4 is 29.6 Å². The molecule has 12 nitrogen and oxygen atoms in total. The maximum Gasteiger partial charge on any atom is 0.407 e. The number of carbonyl (C=O) groups is 4. The molecule has 3 amide bonds. The number of hydrogen-bond donors (Lipinski definition) is 2. The van der Waals surface area contributed by atoms with Crippen LogP contribution in [0.15, 0.2) is 47.2 Å². The summed E-state index contributed by atoms with van der Waals surface area (Å²) in [5.41, 5.74) is 4.12. The Bertz CT molecular complexity index is 1910. The van der Waals surface area contributed by atoms with Crippen molar-refractivity contribution < 1.29 is 28.7 Å². The van der Waals surface area contributed by atoms with Gasteiger partial charge in [-0.2, -0.15) is 0 Å². The van der Waals surface area contributed by atoms with Crippen molar-refractivity contribution in [1.82, 2.24) is 25.1 Å². The van der Waals surface area contributed by atoms with Gasteiger partial charge in [-0.1, -0.05) is 59.3 Å². The summed E-state index contributed by atoms with van der Waals surface area (Å²) in [7, 11) is 2.63. The lowest BCUT2D eigenvalue weighted by molar-refractivity contribution is -0.148. The fraction of sp³-hybridized carbons (Fsp3) is 0.524. The number of nitrogens with one attached hydrogen (secondary N) is 2. The minimum absolute atomic E-state index is 0.00687. The first-order valence-corrected chi connectivity index (χ1v) is 18.7. The summed E-state index contributed by atoms with van der Waals surface area (Å²) in [6.07, 6.45) is 5.07. The SMILES string of the molecule is COC(=O)C[C@H](C(=O)N1C[C@@H](C)C[C@H]1C1=NC=C(C#Cc2ccc(C#Cc3cnc([C@H]4C[C@H](C)CN4C(=O)[C@@H](NC(=O)OC)C(C)C)[nH]3)cc2)C1)C(C)C. The molecule has 0 radical (unpaired) electrons. The molecule has 4 heterocycles. The number of H-pyrrole nitrogens is 1. The number of aromatic amines is 1. The molecule has 0 bridgehead atoms. The number of allylic oxidation sites excluding steroid dienone is 1. The van der Waals surface area contributed by atoms with Crippen molar-refractivity contribution in [2.24, 2.45) is 34.6 Å². The number of aromatic nitrogens is 2. The molecule has 3 aliphatic heterocycles. The minimum atomic E-state index is -0.708. The van der Waals surface area contributed by atoms with Gasteiger partial charge in [-0.15, -0.1) is 0 Å². The van der Waals surface area contributed by atoms with Gasteiger partial charge in [-0.3, -0.25) is 19.4 Å². The zero-order valence-corrected chi connectivity index (χ0v) is 32.6. The molecule has 0 saturated carbocycles. The molecule has 0 aliphatic carbocycles. The number of nitrogens with zero attached hydrogens (tertiary/aromatic N) is 4. The lowest BCUT2D eigenvalue weighted by atomic mass is 9.90. The van der Waals surface area contributed by atoms with Crippen LogP contribution in [0.4, 0.5) is 4.79 Å². The predicted molar refractivity (Wildman–Crippen MR) is 205 cm³/mol. The highest BCUT2D eigenvalue weighted by Gasteiger charge is 2.42. The second kappa shape index (κ2) is 17.6. The number of esters is 1. The van der Waals surface area contributed by atoms with Crippen LogP contribution in [-0.2, 0) is 23.9 Å². The van der Waals surface area contributed by atoms with Crippen molar-refractivity contribution in [3.8, 4) is 23.7 Å². The normalized spacial score (nSPS) is 21.7. The molecule has 0 spiro atoms. The third-order valence-electron chi connectivity index (χ3n) is 10.4. The van der Waals surface area contributed by atoms with Gasteiger partial charge < -0.3 is 29.6 Å². The van der Waals surface area contributed by atoms with E-state index in [0.29, 0.717) is 36.9 Å². The van der Waals surface area contributed by atoms with Gasteiger partial charge in [-0.25, -0.2) is 9.78 Å². The van der Waals surface area contributed by atoms with E-state index in [2.05, 4.69) is 52.8 Å². The number of methoxy groups -OCH3 is 2. The van der Waals surface area contributed by atoms with Gasteiger partial charge in [0.05, 0.1) is 44.8 Å². The van der Waals surface area contributed by atoms with Crippen LogP contribution in [0.3, 0.4) is 0 Å². The van der Waals surface area contributed by atoms with E-state index in [9.17, 15) is 19.2 Å². The number of imidazole rings is 1. The Balaban J connectivity index is 1.19. The largest absolute Gasteiger partial charge is 0.469 e. The maximum absolute atomic E-state index is 13.6. The highest BCUT2D eigenvalue weighted by atomic mass is 16.5. The Hall–Kier alpha value is -5.36. The number of hydrogen-bond acceptors (Lipinski definition) is 8. The Morgan fingerprint density at radius 1 is 0.852 bits per heavy atom. The lowest BCUT2D eigenvalue weighted by Crippen LogP contribution is -2.51. The van der Waals surface area contributed by atoms with Crippen LogP contribution < -0.4 is 5.32 Å². The molecule has 54 heavy (non-hydrogen) atoms. The number of aliphatic imine (C=N–C) groups is 1. The van der Waals surface area contributed by atoms with Crippen LogP contribution in [0.25, 0.3) is 0 Å². The van der Waals surface area contributed by atoms with Gasteiger partial charge in [-0.05, 0) is 66.7 Å². The Morgan fingerprint density at radius 2 is 1.46 bits per heavy atom. The zero-order chi connectivity index (χ0) is 39.1. The minimum Gasteiger partial charge on any atom is -0.469 e. The summed E-state index contributed by atoms with van der Waals surface area (Å²) in [5, 5.41) is 2.68. The molecule has 3 aliphatic rings. The molecule has 5 rings (SSSR count). The van der Waals surface area contributed by atoms with Gasteiger partial charge in [0.2, 0.25) is 11.8 Å². The summed E-state index contributed by atoms with van der Waals surface area (Å²) in [4.78, 5) is 67.5. The predicted octanol–water partition coefficient (Wildman–Crippen LogP) is 5.25. The van der Waals surface area contributed by atoms with Gasteiger partial charge in [0.15, 0.2) is 0 Å². The molecule has 2 aromatic rings. The molecule has 12 heteroatoms. The van der Waals surface area contributed by atoms with E-state index in [0.717, 1.165) is 35.3 Å². The highest BCUT2D eigenvalue weighted by Crippen LogP contribution is 2.35. The number of likely N-dealkylation sites (tertiary alicyclic amines) is 2. The van der Waals surface area contributed by atoms with Gasteiger partial charge in [0.25, 0.3) is 0 Å². The van der Waals surface area contributed by atoms with Gasteiger partial charge in [0, 0.05) is 48.1 Å². The summed E-state index contributed by atoms with van der Waals surface area (Å²) in [5.74, 6) is 13.0. The van der Waals surface area contributed by atoms with Crippen molar-refractivity contribution in [3.05, 3.63) is 64.9 Å². The summed E-state index contributed by atoms with van der Waals surface area (Å²) in [6.45, 7) is 13.1. The van der Waals surface area contributed by atoms with Crippen LogP contribution in [0, 0.1) is 53.3 Å². The van der Waals surface area contributed by atoms with Crippen LogP contribution in [0.5, 0.6) is 0 Å². The molecule has 2 fully saturated rings. The summed E-state index contributed by atoms with van der Waals surface area (Å²) < 4.78 is 9.61. The number of amides is 3. The smallest absolute Gasteiger partial charge is 0.407 e. The highest BCUT2D eigenvalue weighted by molar-refractivity contribution is 5.98. The first-order chi connectivity index (χ1) is 25.8. The van der Waals surface area contributed by atoms with Gasteiger partial charge >= 0.3 is 12.1 Å². The van der Waals surface area contributed by atoms with Crippen molar-refractivity contribution in [1.29, 1.82) is 0 Å². The molecule has 2 saturated heterocycles. The van der Waals surface area contributed by atoms with E-state index in [1.54, 1.807) is 17.3 Å². The molecule has 286 valence electrons. The van der Waals surface area contributed by atoms with Crippen molar-refractivity contribution in [2.75, 3.05) is 27.3 Å². The number of benzene rings is 1. The zero-order valence-electron chi connectivity index (χ0n) is 32.6. The van der Waals surface area contributed by atoms with E-state index < -0.39 is 18.1 Å². The molecular formula is C42H52N6O6. The van der Waals surface area contributed by atoms with E-state index in [1.807, 2.05) is 56.9 Å². The third kappa shape index (κ3) is 9.59. The summed E-state index contributed by atoms with van der Waals surface area (Å²) >= 11 is 0. The molecule has 0 unspecified atom stereocenters. The Labute approximate surface area is 318 Å². The first-order valence-electron chi connectivity index (χ1n) is 18.7. The average molecular weight is 737 g/mol. The van der Waals surface area contributed by atoms with E-state index in [-0.39, 0.29) is 54.0 Å². The fourth-order valence-corrected chi connectivity index (χ4v) is 7.34. The fourth-order valence-electron chi connectivity index (χ4n) is 7.34. The van der Waals surface area contributed by atoms with Crippen LogP contribution in [0.2, 0.25) is 0 Å². The standard InChI is InChI=1S/C42H52N6O6/c1-25(2)33(20-37(49)53-7)40(50)47-23-27(5)17-35(47)34-19-31(21-43-34)14-13-29-9-11-30(12-10-29)15-16-32-22-44-39(45-32)36-18-28(6)24-48(36)41(51)38(26(3)4)46-42(52)54-8/h9-12,21-22,25-28,33,35-36,38H,17-20,23-24H2,1-8H3,(H,44,45)(H,46,52)/t27-,28-,33-,35-,36+,38-/m0/s1. The first kappa shape index (κ1) is 39.8. The molecule has 1 aromatic heterocycles. The average Bonchev–Trinajstić information content (AvgIpc) is 3.97. The summed E-state index contributed by atoms with van der Waals surface area (Å²) in [6, 6.07) is 6.62.